The monoisotopic (exact) mass is 266 g/mol. The number of carboxylic acids is 1. The number of nitro groups is 1. The average molecular weight is 266 g/mol. The number of benzene rings is 1. The Bertz CT molecular complexity index is 431. The summed E-state index contributed by atoms with van der Waals surface area (Å²) >= 11 is 0. The Labute approximate surface area is 111 Å². The Morgan fingerprint density at radius 1 is 1.32 bits per heavy atom. The van der Waals surface area contributed by atoms with Gasteiger partial charge in [0.25, 0.3) is 5.69 Å². The molecule has 1 rings (SSSR count). The molecular weight excluding hydrogens is 248 g/mol. The molecule has 0 fully saturated rings. The van der Waals surface area contributed by atoms with Crippen molar-refractivity contribution in [2.24, 2.45) is 0 Å². The summed E-state index contributed by atoms with van der Waals surface area (Å²) in [6.45, 7) is 1.54. The maximum Gasteiger partial charge on any atom is 0.303 e. The fourth-order valence-electron chi connectivity index (χ4n) is 1.72. The van der Waals surface area contributed by atoms with Crippen LogP contribution >= 0.6 is 0 Å². The zero-order valence-corrected chi connectivity index (χ0v) is 10.9. The molecule has 1 N–H and O–H groups in total. The van der Waals surface area contributed by atoms with Gasteiger partial charge in [-0.15, -0.1) is 0 Å². The lowest BCUT2D eigenvalue weighted by Gasteiger charge is -2.15. The Kier molecular flexibility index (Phi) is 5.95. The molecule has 6 nitrogen and oxygen atoms in total. The first kappa shape index (κ1) is 15.1. The van der Waals surface area contributed by atoms with Crippen LogP contribution in [0.3, 0.4) is 0 Å². The van der Waals surface area contributed by atoms with E-state index in [2.05, 4.69) is 4.90 Å². The molecule has 0 aliphatic rings. The van der Waals surface area contributed by atoms with Crippen molar-refractivity contribution < 1.29 is 14.8 Å². The summed E-state index contributed by atoms with van der Waals surface area (Å²) in [5, 5.41) is 19.0. The summed E-state index contributed by atoms with van der Waals surface area (Å²) < 4.78 is 0. The van der Waals surface area contributed by atoms with Gasteiger partial charge in [-0.05, 0) is 32.0 Å². The van der Waals surface area contributed by atoms with Gasteiger partial charge in [0.15, 0.2) is 0 Å². The molecule has 0 bridgehead atoms. The molecule has 0 heterocycles. The van der Waals surface area contributed by atoms with Crippen LogP contribution < -0.4 is 0 Å². The Balaban J connectivity index is 2.31. The van der Waals surface area contributed by atoms with Crippen LogP contribution in [-0.4, -0.2) is 41.0 Å². The van der Waals surface area contributed by atoms with Gasteiger partial charge in [0.1, 0.15) is 0 Å². The highest BCUT2D eigenvalue weighted by atomic mass is 16.6. The van der Waals surface area contributed by atoms with Crippen molar-refractivity contribution in [3.8, 4) is 0 Å². The van der Waals surface area contributed by atoms with Crippen LogP contribution in [0.4, 0.5) is 5.69 Å². The third-order valence-electron chi connectivity index (χ3n) is 2.86. The quantitative estimate of drug-likeness (QED) is 0.574. The van der Waals surface area contributed by atoms with Crippen molar-refractivity contribution in [2.75, 3.05) is 20.1 Å². The molecule has 1 aromatic carbocycles. The summed E-state index contributed by atoms with van der Waals surface area (Å²) in [6, 6.07) is 6.51. The van der Waals surface area contributed by atoms with E-state index < -0.39 is 10.9 Å². The molecule has 0 saturated carbocycles. The maximum absolute atomic E-state index is 10.5. The van der Waals surface area contributed by atoms with E-state index in [-0.39, 0.29) is 12.1 Å². The van der Waals surface area contributed by atoms with Gasteiger partial charge in [0.05, 0.1) is 4.92 Å². The predicted octanol–water partition coefficient (Wildman–Crippen LogP) is 1.93. The minimum Gasteiger partial charge on any atom is -0.481 e. The van der Waals surface area contributed by atoms with Gasteiger partial charge in [-0.1, -0.05) is 12.1 Å². The smallest absolute Gasteiger partial charge is 0.303 e. The first-order valence-corrected chi connectivity index (χ1v) is 6.12. The zero-order valence-electron chi connectivity index (χ0n) is 10.9. The SMILES string of the molecule is CN(CCCC(=O)O)CCc1ccc([N+](=O)[O-])cc1. The second kappa shape index (κ2) is 7.48. The van der Waals surface area contributed by atoms with Crippen molar-refractivity contribution in [3.63, 3.8) is 0 Å². The first-order chi connectivity index (χ1) is 8.99. The molecule has 0 aliphatic carbocycles. The van der Waals surface area contributed by atoms with Gasteiger partial charge < -0.3 is 10.0 Å². The number of rotatable bonds is 8. The molecule has 104 valence electrons. The summed E-state index contributed by atoms with van der Waals surface area (Å²) in [5.41, 5.74) is 1.13. The summed E-state index contributed by atoms with van der Waals surface area (Å²) in [6.07, 6.45) is 1.61. The van der Waals surface area contributed by atoms with Gasteiger partial charge in [0, 0.05) is 25.1 Å². The number of hydrogen-bond donors (Lipinski definition) is 1. The second-order valence-electron chi connectivity index (χ2n) is 4.47. The fraction of sp³-hybridized carbons (Fsp3) is 0.462. The fourth-order valence-corrected chi connectivity index (χ4v) is 1.72. The van der Waals surface area contributed by atoms with Crippen molar-refractivity contribution >= 4 is 11.7 Å². The highest BCUT2D eigenvalue weighted by molar-refractivity contribution is 5.66. The third-order valence-corrected chi connectivity index (χ3v) is 2.86. The topological polar surface area (TPSA) is 83.7 Å². The number of carbonyl (C=O) groups is 1. The number of hydrogen-bond acceptors (Lipinski definition) is 4. The van der Waals surface area contributed by atoms with Crippen molar-refractivity contribution in [1.82, 2.24) is 4.90 Å². The molecule has 0 saturated heterocycles. The van der Waals surface area contributed by atoms with E-state index in [1.165, 1.54) is 12.1 Å². The largest absolute Gasteiger partial charge is 0.481 e. The Morgan fingerprint density at radius 3 is 2.47 bits per heavy atom. The molecule has 0 aromatic heterocycles. The van der Waals surface area contributed by atoms with Crippen LogP contribution in [0.2, 0.25) is 0 Å². The molecule has 0 spiro atoms. The minimum atomic E-state index is -0.774. The molecule has 0 atom stereocenters. The summed E-state index contributed by atoms with van der Waals surface area (Å²) in [5.74, 6) is -0.774. The van der Waals surface area contributed by atoms with Crippen LogP contribution in [-0.2, 0) is 11.2 Å². The van der Waals surface area contributed by atoms with E-state index in [1.807, 2.05) is 7.05 Å². The molecule has 0 radical (unpaired) electrons. The normalized spacial score (nSPS) is 10.6. The van der Waals surface area contributed by atoms with Crippen molar-refractivity contribution in [2.45, 2.75) is 19.3 Å². The second-order valence-corrected chi connectivity index (χ2v) is 4.47. The zero-order chi connectivity index (χ0) is 14.3. The first-order valence-electron chi connectivity index (χ1n) is 6.12. The number of nitrogens with zero attached hydrogens (tertiary/aromatic N) is 2. The Morgan fingerprint density at radius 2 is 1.95 bits per heavy atom. The number of likely N-dealkylation sites (N-methyl/N-ethyl adjacent to an activating group) is 1. The standard InChI is InChI=1S/C13H18N2O4/c1-14(9-2-3-13(16)17)10-8-11-4-6-12(7-5-11)15(18)19/h4-7H,2-3,8-10H2,1H3,(H,16,17). The van der Waals surface area contributed by atoms with Crippen LogP contribution in [0.5, 0.6) is 0 Å². The molecular formula is C13H18N2O4. The molecule has 1 aromatic rings. The van der Waals surface area contributed by atoms with E-state index in [0.717, 1.165) is 25.1 Å². The van der Waals surface area contributed by atoms with Gasteiger partial charge >= 0.3 is 5.97 Å². The summed E-state index contributed by atoms with van der Waals surface area (Å²) in [4.78, 5) is 22.5. The number of nitro benzene ring substituents is 1. The van der Waals surface area contributed by atoms with E-state index in [1.54, 1.807) is 12.1 Å². The number of aliphatic carboxylic acids is 1. The molecule has 19 heavy (non-hydrogen) atoms. The lowest BCUT2D eigenvalue weighted by Crippen LogP contribution is -2.23. The highest BCUT2D eigenvalue weighted by Gasteiger charge is 2.05. The molecule has 6 heteroatoms. The van der Waals surface area contributed by atoms with Crippen molar-refractivity contribution in [3.05, 3.63) is 39.9 Å². The molecule has 0 unspecified atom stereocenters. The molecule has 0 aliphatic heterocycles. The van der Waals surface area contributed by atoms with Crippen LogP contribution in [0, 0.1) is 10.1 Å². The van der Waals surface area contributed by atoms with E-state index in [9.17, 15) is 14.9 Å². The lowest BCUT2D eigenvalue weighted by atomic mass is 10.1. The van der Waals surface area contributed by atoms with Crippen LogP contribution in [0.15, 0.2) is 24.3 Å². The van der Waals surface area contributed by atoms with E-state index in [4.69, 9.17) is 5.11 Å². The third kappa shape index (κ3) is 5.96. The van der Waals surface area contributed by atoms with E-state index in [0.29, 0.717) is 6.42 Å². The maximum atomic E-state index is 10.5. The van der Waals surface area contributed by atoms with Gasteiger partial charge in [-0.2, -0.15) is 0 Å². The van der Waals surface area contributed by atoms with E-state index >= 15 is 0 Å². The Hall–Kier alpha value is -1.95. The van der Waals surface area contributed by atoms with Crippen LogP contribution in [0.25, 0.3) is 0 Å². The molecule has 0 amide bonds. The average Bonchev–Trinajstić information content (AvgIpc) is 2.36. The highest BCUT2D eigenvalue weighted by Crippen LogP contribution is 2.12. The lowest BCUT2D eigenvalue weighted by molar-refractivity contribution is -0.384. The number of non-ortho nitro benzene ring substituents is 1. The minimum absolute atomic E-state index is 0.0959. The van der Waals surface area contributed by atoms with Gasteiger partial charge in [0.2, 0.25) is 0 Å². The van der Waals surface area contributed by atoms with Crippen molar-refractivity contribution in [1.29, 1.82) is 0 Å². The summed E-state index contributed by atoms with van der Waals surface area (Å²) in [7, 11) is 1.94. The van der Waals surface area contributed by atoms with Gasteiger partial charge in [-0.25, -0.2) is 0 Å². The van der Waals surface area contributed by atoms with Crippen LogP contribution in [0.1, 0.15) is 18.4 Å². The van der Waals surface area contributed by atoms with Gasteiger partial charge in [-0.3, -0.25) is 14.9 Å². The number of carboxylic acid groups (broad SMARTS) is 1. The predicted molar refractivity (Wildman–Crippen MR) is 71.2 cm³/mol.